The Hall–Kier alpha value is -3.12. The predicted octanol–water partition coefficient (Wildman–Crippen LogP) is 6.84. The van der Waals surface area contributed by atoms with Gasteiger partial charge >= 0.3 is 6.03 Å². The number of nitrogens with zero attached hydrogens (tertiary/aromatic N) is 2. The summed E-state index contributed by atoms with van der Waals surface area (Å²) in [4.78, 5) is 29.6. The number of carbonyl (C=O) groups excluding carboxylic acids is 2. The molecule has 0 radical (unpaired) electrons. The lowest BCUT2D eigenvalue weighted by atomic mass is 9.68. The van der Waals surface area contributed by atoms with Crippen LogP contribution in [0.5, 0.6) is 5.75 Å². The highest BCUT2D eigenvalue weighted by Crippen LogP contribution is 2.47. The molecular weight excluding hydrogens is 688 g/mol. The minimum absolute atomic E-state index is 0.0255. The first kappa shape index (κ1) is 36.2. The highest BCUT2D eigenvalue weighted by molar-refractivity contribution is 7.92. The summed E-state index contributed by atoms with van der Waals surface area (Å²) < 4.78 is 39.6. The first-order chi connectivity index (χ1) is 24.6. The van der Waals surface area contributed by atoms with Gasteiger partial charge in [0.1, 0.15) is 15.7 Å². The number of anilines is 1. The number of aryl methyl sites for hydroxylation is 1. The highest BCUT2D eigenvalue weighted by Gasteiger charge is 2.44. The molecule has 12 heteroatoms. The molecule has 0 aromatic heterocycles. The summed E-state index contributed by atoms with van der Waals surface area (Å²) in [5.74, 6) is 0.720. The van der Waals surface area contributed by atoms with Crippen LogP contribution in [0.2, 0.25) is 5.02 Å². The monoisotopic (exact) mass is 738 g/mol. The zero-order chi connectivity index (χ0) is 35.8. The van der Waals surface area contributed by atoms with E-state index in [4.69, 9.17) is 25.8 Å². The molecular formula is C39H51ClN4O6S. The molecule has 2 bridgehead atoms. The van der Waals surface area contributed by atoms with Gasteiger partial charge in [-0.1, -0.05) is 36.7 Å². The second-order valence-corrected chi connectivity index (χ2v) is 17.8. The standard InChI is InChI=1S/C39H51ClN4O6S/c1-25-6-4-8-35(49-3)32-14-9-28(32)21-44-23-39(17-5-7-26-18-29(40)11-15-33(26)39)24-50-36-16-10-27(19-34(36)44)37(45)42-51(47,22-25)43-38(46)41-30-12-13-31(20-30)48-2/h4,8,10-11,15-16,18-19,25,28,30-32,35H,5-7,9,12-14,17,20-24H2,1-3H3,(H2,41,42,43,45,46,47)/b8-4-/t25-,28-,30+,31+,32+,35-,39-,51?/m0/s1. The Morgan fingerprint density at radius 3 is 2.75 bits per heavy atom. The van der Waals surface area contributed by atoms with E-state index in [0.717, 1.165) is 68.7 Å². The van der Waals surface area contributed by atoms with Crippen LogP contribution in [-0.4, -0.2) is 74.1 Å². The third-order valence-electron chi connectivity index (χ3n) is 11.8. The number of hydrogen-bond donors (Lipinski definition) is 2. The Labute approximate surface area is 307 Å². The minimum Gasteiger partial charge on any atom is -0.490 e. The molecule has 0 saturated heterocycles. The van der Waals surface area contributed by atoms with E-state index in [1.54, 1.807) is 20.3 Å². The van der Waals surface area contributed by atoms with Gasteiger partial charge in [-0.25, -0.2) is 9.00 Å². The van der Waals surface area contributed by atoms with Gasteiger partial charge in [0, 0.05) is 49.4 Å². The van der Waals surface area contributed by atoms with Gasteiger partial charge in [0.15, 0.2) is 0 Å². The van der Waals surface area contributed by atoms with Crippen LogP contribution in [-0.2, 0) is 31.2 Å². The Kier molecular flexibility index (Phi) is 10.7. The van der Waals surface area contributed by atoms with Gasteiger partial charge in [-0.15, -0.1) is 4.36 Å². The van der Waals surface area contributed by atoms with Crippen molar-refractivity contribution in [2.75, 3.05) is 44.6 Å². The SMILES string of the molecule is CO[C@@H]1CC[C@@H](NC(=O)NS2(=O)=NC(=O)c3ccc4c(c3)N(C[C@@H]3CC[C@H]3[C@@H](OC)/C=C\C[C@H](C)C2)C[C@@]2(CCCc3cc(Cl)ccc32)CO4)C1. The number of carbonyl (C=O) groups is 2. The number of hydrogen-bond acceptors (Lipinski definition) is 7. The summed E-state index contributed by atoms with van der Waals surface area (Å²) >= 11 is 6.46. The van der Waals surface area contributed by atoms with E-state index in [0.29, 0.717) is 42.6 Å². The lowest BCUT2D eigenvalue weighted by Crippen LogP contribution is -2.49. The summed E-state index contributed by atoms with van der Waals surface area (Å²) in [6.07, 6.45) is 12.3. The summed E-state index contributed by atoms with van der Waals surface area (Å²) in [6.45, 7) is 3.98. The lowest BCUT2D eigenvalue weighted by molar-refractivity contribution is 0.0131. The minimum atomic E-state index is -3.49. The predicted molar refractivity (Wildman–Crippen MR) is 200 cm³/mol. The van der Waals surface area contributed by atoms with Crippen LogP contribution in [0.1, 0.15) is 79.8 Å². The van der Waals surface area contributed by atoms with Crippen molar-refractivity contribution >= 4 is 39.1 Å². The van der Waals surface area contributed by atoms with Gasteiger partial charge in [-0.3, -0.25) is 9.52 Å². The van der Waals surface area contributed by atoms with Crippen LogP contribution >= 0.6 is 11.6 Å². The molecule has 2 fully saturated rings. The zero-order valence-electron chi connectivity index (χ0n) is 29.9. The lowest BCUT2D eigenvalue weighted by Gasteiger charge is -2.46. The number of fused-ring (bicyclic) bond motifs is 4. The molecule has 7 rings (SSSR count). The van der Waals surface area contributed by atoms with Crippen molar-refractivity contribution in [2.24, 2.45) is 22.1 Å². The fourth-order valence-electron chi connectivity index (χ4n) is 9.01. The maximum absolute atomic E-state index is 14.5. The number of benzene rings is 2. The smallest absolute Gasteiger partial charge is 0.327 e. The molecule has 5 aliphatic rings. The van der Waals surface area contributed by atoms with Crippen LogP contribution in [0, 0.1) is 17.8 Å². The molecule has 2 N–H and O–H groups in total. The number of ether oxygens (including phenoxy) is 3. The Morgan fingerprint density at radius 1 is 1.12 bits per heavy atom. The quantitative estimate of drug-likeness (QED) is 0.330. The summed E-state index contributed by atoms with van der Waals surface area (Å²) in [7, 11) is -0.0559. The number of allylic oxidation sites excluding steroid dienone is 1. The molecule has 2 aromatic rings. The van der Waals surface area contributed by atoms with E-state index < -0.39 is 21.9 Å². The van der Waals surface area contributed by atoms with Crippen molar-refractivity contribution in [3.05, 3.63) is 70.3 Å². The highest BCUT2D eigenvalue weighted by atomic mass is 35.5. The van der Waals surface area contributed by atoms with Crippen molar-refractivity contribution < 1.29 is 28.0 Å². The van der Waals surface area contributed by atoms with Crippen molar-refractivity contribution in [2.45, 2.75) is 88.4 Å². The largest absolute Gasteiger partial charge is 0.490 e. The number of methoxy groups -OCH3 is 2. The molecule has 1 unspecified atom stereocenters. The molecule has 2 aliphatic heterocycles. The van der Waals surface area contributed by atoms with E-state index in [9.17, 15) is 13.8 Å². The molecule has 51 heavy (non-hydrogen) atoms. The third-order valence-corrected chi connectivity index (χ3v) is 14.0. The number of amides is 3. The Balaban J connectivity index is 1.25. The average Bonchev–Trinajstić information content (AvgIpc) is 3.48. The Bertz CT molecular complexity index is 1790. The van der Waals surface area contributed by atoms with E-state index in [2.05, 4.69) is 43.6 Å². The van der Waals surface area contributed by atoms with Crippen LogP contribution in [0.15, 0.2) is 52.9 Å². The van der Waals surface area contributed by atoms with Gasteiger partial charge in [0.2, 0.25) is 0 Å². The van der Waals surface area contributed by atoms with Crippen molar-refractivity contribution in [3.8, 4) is 5.75 Å². The molecule has 3 amide bonds. The van der Waals surface area contributed by atoms with Gasteiger partial charge in [-0.05, 0) is 117 Å². The van der Waals surface area contributed by atoms with Crippen molar-refractivity contribution in [1.82, 2.24) is 10.0 Å². The second kappa shape index (κ2) is 15.1. The fourth-order valence-corrected chi connectivity index (χ4v) is 11.0. The van der Waals surface area contributed by atoms with Crippen LogP contribution in [0.25, 0.3) is 0 Å². The molecule has 10 nitrogen and oxygen atoms in total. The molecule has 2 aromatic carbocycles. The van der Waals surface area contributed by atoms with Gasteiger partial charge < -0.3 is 24.4 Å². The number of nitrogens with one attached hydrogen (secondary N) is 2. The summed E-state index contributed by atoms with van der Waals surface area (Å²) in [5, 5.41) is 3.68. The Morgan fingerprint density at radius 2 is 1.98 bits per heavy atom. The first-order valence-electron chi connectivity index (χ1n) is 18.5. The number of rotatable bonds is 4. The maximum atomic E-state index is 14.5. The third kappa shape index (κ3) is 7.82. The number of urea groups is 1. The van der Waals surface area contributed by atoms with Gasteiger partial charge in [-0.2, -0.15) is 0 Å². The van der Waals surface area contributed by atoms with Crippen molar-refractivity contribution in [3.63, 3.8) is 0 Å². The summed E-state index contributed by atoms with van der Waals surface area (Å²) in [6, 6.07) is 10.9. The van der Waals surface area contributed by atoms with Crippen LogP contribution < -0.4 is 19.7 Å². The molecule has 1 spiro atoms. The summed E-state index contributed by atoms with van der Waals surface area (Å²) in [5.41, 5.74) is 3.43. The normalized spacial score (nSPS) is 34.2. The van der Waals surface area contributed by atoms with Crippen LogP contribution in [0.3, 0.4) is 0 Å². The van der Waals surface area contributed by atoms with Crippen LogP contribution in [0.4, 0.5) is 10.5 Å². The van der Waals surface area contributed by atoms with E-state index >= 15 is 0 Å². The van der Waals surface area contributed by atoms with Crippen molar-refractivity contribution in [1.29, 1.82) is 0 Å². The number of halogens is 1. The molecule has 2 heterocycles. The topological polar surface area (TPSA) is 119 Å². The molecule has 2 saturated carbocycles. The first-order valence-corrected chi connectivity index (χ1v) is 20.5. The van der Waals surface area contributed by atoms with Gasteiger partial charge in [0.25, 0.3) is 5.91 Å². The second-order valence-electron chi connectivity index (χ2n) is 15.4. The van der Waals surface area contributed by atoms with Gasteiger partial charge in [0.05, 0.1) is 30.3 Å². The zero-order valence-corrected chi connectivity index (χ0v) is 31.5. The molecule has 8 atom stereocenters. The maximum Gasteiger partial charge on any atom is 0.327 e. The van der Waals surface area contributed by atoms with E-state index in [1.807, 2.05) is 25.1 Å². The fraction of sp³-hybridized carbons (Fsp3) is 0.590. The van der Waals surface area contributed by atoms with E-state index in [-0.39, 0.29) is 35.3 Å². The van der Waals surface area contributed by atoms with E-state index in [1.165, 1.54) is 11.1 Å². The molecule has 3 aliphatic carbocycles. The average molecular weight is 739 g/mol. The molecule has 276 valence electrons.